The second-order valence-corrected chi connectivity index (χ2v) is 10.8. The molecule has 9 heteroatoms. The number of sulfone groups is 1. The average molecular weight is 464 g/mol. The Kier molecular flexibility index (Phi) is 6.09. The largest absolute Gasteiger partial charge is 0.325 e. The van der Waals surface area contributed by atoms with E-state index < -0.39 is 9.84 Å². The Hall–Kier alpha value is -2.03. The normalized spacial score (nSPS) is 21.9. The number of carbonyl (C=O) groups is 1. The topological polar surface area (TPSA) is 78.8 Å². The molecule has 2 heterocycles. The van der Waals surface area contributed by atoms with Crippen LogP contribution in [0.1, 0.15) is 12.5 Å². The number of amides is 1. The maximum absolute atomic E-state index is 12.6. The van der Waals surface area contributed by atoms with Crippen molar-refractivity contribution in [2.24, 2.45) is 4.99 Å². The number of hydrogen-bond donors (Lipinski definition) is 1. The minimum absolute atomic E-state index is 0.0435. The van der Waals surface area contributed by atoms with Gasteiger partial charge in [0.05, 0.1) is 29.3 Å². The van der Waals surface area contributed by atoms with Gasteiger partial charge in [0.25, 0.3) is 0 Å². The molecule has 0 aromatic heterocycles. The number of hydrogen-bond acceptors (Lipinski definition) is 6. The van der Waals surface area contributed by atoms with Crippen molar-refractivity contribution < 1.29 is 13.2 Å². The van der Waals surface area contributed by atoms with Crippen LogP contribution in [-0.2, 0) is 21.1 Å². The minimum Gasteiger partial charge on any atom is -0.325 e. The van der Waals surface area contributed by atoms with Crippen LogP contribution >= 0.6 is 23.4 Å². The summed E-state index contributed by atoms with van der Waals surface area (Å²) in [6, 6.07) is 14.4. The molecule has 0 saturated carbocycles. The molecule has 2 atom stereocenters. The molecule has 0 aliphatic carbocycles. The van der Waals surface area contributed by atoms with Gasteiger partial charge >= 0.3 is 0 Å². The Labute approximate surface area is 185 Å². The number of nitrogens with zero attached hydrogens (tertiary/aromatic N) is 2. The highest BCUT2D eigenvalue weighted by molar-refractivity contribution is 8.14. The highest BCUT2D eigenvalue weighted by atomic mass is 35.5. The van der Waals surface area contributed by atoms with Crippen molar-refractivity contribution in [2.75, 3.05) is 27.5 Å². The summed E-state index contributed by atoms with van der Waals surface area (Å²) >= 11 is 7.34. The van der Waals surface area contributed by atoms with E-state index in [2.05, 4.69) is 10.3 Å². The first kappa shape index (κ1) is 21.2. The molecule has 30 heavy (non-hydrogen) atoms. The summed E-state index contributed by atoms with van der Waals surface area (Å²) in [6.07, 6.45) is 0.832. The number of para-hydroxylation sites is 1. The monoisotopic (exact) mass is 463 g/mol. The van der Waals surface area contributed by atoms with Crippen molar-refractivity contribution >= 4 is 55.6 Å². The predicted molar refractivity (Wildman–Crippen MR) is 125 cm³/mol. The van der Waals surface area contributed by atoms with Crippen LogP contribution in [0, 0.1) is 0 Å². The zero-order valence-electron chi connectivity index (χ0n) is 16.4. The Bertz CT molecular complexity index is 1090. The van der Waals surface area contributed by atoms with E-state index in [0.717, 1.165) is 23.4 Å². The number of fused-ring (bicyclic) bond motifs is 1. The van der Waals surface area contributed by atoms with Gasteiger partial charge in [0.15, 0.2) is 15.0 Å². The quantitative estimate of drug-likeness (QED) is 0.732. The summed E-state index contributed by atoms with van der Waals surface area (Å²) in [7, 11) is -3.12. The molecular formula is C21H22ClN3O3S2. The number of rotatable bonds is 5. The SMILES string of the molecule is CCc1ccccc1NC(=O)CSC1=NC2CS(=O)(=O)CC2N1c1ccc(Cl)cc1. The highest BCUT2D eigenvalue weighted by Gasteiger charge is 2.47. The van der Waals surface area contributed by atoms with Crippen molar-refractivity contribution in [1.29, 1.82) is 0 Å². The van der Waals surface area contributed by atoms with Gasteiger partial charge < -0.3 is 10.2 Å². The highest BCUT2D eigenvalue weighted by Crippen LogP contribution is 2.35. The third-order valence-corrected chi connectivity index (χ3v) is 8.13. The van der Waals surface area contributed by atoms with Gasteiger partial charge in [-0.15, -0.1) is 0 Å². The fraction of sp³-hybridized carbons (Fsp3) is 0.333. The number of aliphatic imine (C=N–C) groups is 1. The van der Waals surface area contributed by atoms with Crippen LogP contribution in [0.5, 0.6) is 0 Å². The Morgan fingerprint density at radius 2 is 1.93 bits per heavy atom. The lowest BCUT2D eigenvalue weighted by Crippen LogP contribution is -2.39. The van der Waals surface area contributed by atoms with Gasteiger partial charge in [-0.2, -0.15) is 0 Å². The van der Waals surface area contributed by atoms with Crippen LogP contribution in [0.3, 0.4) is 0 Å². The fourth-order valence-corrected chi connectivity index (χ4v) is 6.70. The van der Waals surface area contributed by atoms with Crippen LogP contribution in [-0.4, -0.2) is 48.8 Å². The Morgan fingerprint density at radius 3 is 2.67 bits per heavy atom. The fourth-order valence-electron chi connectivity index (χ4n) is 3.80. The molecule has 1 amide bonds. The molecule has 6 nitrogen and oxygen atoms in total. The summed E-state index contributed by atoms with van der Waals surface area (Å²) in [4.78, 5) is 19.1. The number of benzene rings is 2. The van der Waals surface area contributed by atoms with E-state index in [1.807, 2.05) is 48.2 Å². The maximum Gasteiger partial charge on any atom is 0.234 e. The predicted octanol–water partition coefficient (Wildman–Crippen LogP) is 3.62. The van der Waals surface area contributed by atoms with Crippen molar-refractivity contribution in [3.63, 3.8) is 0 Å². The van der Waals surface area contributed by atoms with Gasteiger partial charge in [0.2, 0.25) is 5.91 Å². The van der Waals surface area contributed by atoms with Gasteiger partial charge in [-0.05, 0) is 42.3 Å². The zero-order chi connectivity index (χ0) is 21.3. The van der Waals surface area contributed by atoms with E-state index >= 15 is 0 Å². The van der Waals surface area contributed by atoms with Crippen LogP contribution < -0.4 is 10.2 Å². The van der Waals surface area contributed by atoms with Crippen LogP contribution in [0.15, 0.2) is 53.5 Å². The first-order chi connectivity index (χ1) is 14.4. The minimum atomic E-state index is -3.12. The second kappa shape index (κ2) is 8.61. The number of amidine groups is 1. The lowest BCUT2D eigenvalue weighted by molar-refractivity contribution is -0.113. The van der Waals surface area contributed by atoms with E-state index in [1.165, 1.54) is 11.8 Å². The van der Waals surface area contributed by atoms with E-state index in [0.29, 0.717) is 10.2 Å². The van der Waals surface area contributed by atoms with Crippen LogP contribution in [0.4, 0.5) is 11.4 Å². The lowest BCUT2D eigenvalue weighted by atomic mass is 10.1. The molecule has 1 saturated heterocycles. The lowest BCUT2D eigenvalue weighted by Gasteiger charge is -2.26. The third kappa shape index (κ3) is 4.50. The molecule has 2 unspecified atom stereocenters. The zero-order valence-corrected chi connectivity index (χ0v) is 18.8. The molecule has 0 spiro atoms. The Balaban J connectivity index is 1.50. The van der Waals surface area contributed by atoms with Gasteiger partial charge in [-0.1, -0.05) is 48.5 Å². The number of anilines is 2. The number of halogens is 1. The average Bonchev–Trinajstić information content (AvgIpc) is 3.18. The number of carbonyl (C=O) groups excluding carboxylic acids is 1. The van der Waals surface area contributed by atoms with Gasteiger partial charge in [0, 0.05) is 16.4 Å². The van der Waals surface area contributed by atoms with Gasteiger partial charge in [-0.25, -0.2) is 8.42 Å². The molecule has 1 N–H and O–H groups in total. The van der Waals surface area contributed by atoms with Crippen LogP contribution in [0.2, 0.25) is 5.02 Å². The Morgan fingerprint density at radius 1 is 1.20 bits per heavy atom. The maximum atomic E-state index is 12.6. The first-order valence-corrected chi connectivity index (χ1v) is 12.9. The number of aryl methyl sites for hydroxylation is 1. The molecule has 0 bridgehead atoms. The van der Waals surface area contributed by atoms with Crippen molar-refractivity contribution in [1.82, 2.24) is 0 Å². The molecule has 0 radical (unpaired) electrons. The summed E-state index contributed by atoms with van der Waals surface area (Å²) in [5.41, 5.74) is 2.72. The molecular weight excluding hydrogens is 442 g/mol. The summed E-state index contributed by atoms with van der Waals surface area (Å²) in [5.74, 6) is 0.170. The molecule has 4 rings (SSSR count). The molecule has 2 aromatic rings. The van der Waals surface area contributed by atoms with E-state index in [-0.39, 0.29) is 35.2 Å². The summed E-state index contributed by atoms with van der Waals surface area (Å²) in [6.45, 7) is 2.05. The summed E-state index contributed by atoms with van der Waals surface area (Å²) < 4.78 is 24.2. The standard InChI is InChI=1S/C21H22ClN3O3S2/c1-2-14-5-3-4-6-17(14)23-20(26)11-29-21-24-18-12-30(27,28)13-19(18)25(21)16-9-7-15(22)8-10-16/h3-10,18-19H,2,11-13H2,1H3,(H,23,26). The molecule has 2 aliphatic heterocycles. The molecule has 2 aliphatic rings. The van der Waals surface area contributed by atoms with Gasteiger partial charge in [-0.3, -0.25) is 9.79 Å². The van der Waals surface area contributed by atoms with Crippen molar-refractivity contribution in [2.45, 2.75) is 25.4 Å². The first-order valence-electron chi connectivity index (χ1n) is 9.70. The summed E-state index contributed by atoms with van der Waals surface area (Å²) in [5, 5.41) is 4.24. The van der Waals surface area contributed by atoms with Gasteiger partial charge in [0.1, 0.15) is 0 Å². The second-order valence-electron chi connectivity index (χ2n) is 7.32. The molecule has 1 fully saturated rings. The van der Waals surface area contributed by atoms with Crippen LogP contribution in [0.25, 0.3) is 0 Å². The molecule has 158 valence electrons. The van der Waals surface area contributed by atoms with E-state index in [9.17, 15) is 13.2 Å². The third-order valence-electron chi connectivity index (χ3n) is 5.22. The smallest absolute Gasteiger partial charge is 0.234 e. The van der Waals surface area contributed by atoms with Crippen molar-refractivity contribution in [3.8, 4) is 0 Å². The van der Waals surface area contributed by atoms with Crippen molar-refractivity contribution in [3.05, 3.63) is 59.1 Å². The molecule has 2 aromatic carbocycles. The number of nitrogens with one attached hydrogen (secondary N) is 1. The van der Waals surface area contributed by atoms with E-state index in [4.69, 9.17) is 11.6 Å². The van der Waals surface area contributed by atoms with E-state index in [1.54, 1.807) is 12.1 Å². The number of thioether (sulfide) groups is 1.